The van der Waals surface area contributed by atoms with Crippen LogP contribution in [0.4, 0.5) is 0 Å². The third-order valence-electron chi connectivity index (χ3n) is 1.17. The van der Waals surface area contributed by atoms with Gasteiger partial charge in [0.25, 0.3) is 0 Å². The van der Waals surface area contributed by atoms with Crippen molar-refractivity contribution in [3.05, 3.63) is 16.1 Å². The predicted molar refractivity (Wildman–Crippen MR) is 49.2 cm³/mol. The zero-order valence-electron chi connectivity index (χ0n) is 6.03. The van der Waals surface area contributed by atoms with Crippen molar-refractivity contribution < 1.29 is 4.79 Å². The van der Waals surface area contributed by atoms with Gasteiger partial charge in [-0.05, 0) is 6.42 Å². The molecule has 1 heterocycles. The van der Waals surface area contributed by atoms with Gasteiger partial charge in [-0.15, -0.1) is 11.3 Å². The van der Waals surface area contributed by atoms with E-state index in [4.69, 9.17) is 0 Å². The van der Waals surface area contributed by atoms with Crippen molar-refractivity contribution in [3.63, 3.8) is 0 Å². The van der Waals surface area contributed by atoms with Gasteiger partial charge < -0.3 is 0 Å². The number of thiazole rings is 1. The molecule has 0 spiro atoms. The second kappa shape index (κ2) is 4.27. The van der Waals surface area contributed by atoms with Crippen molar-refractivity contribution in [1.29, 1.82) is 0 Å². The molecule has 0 aromatic carbocycles. The van der Waals surface area contributed by atoms with Crippen LogP contribution in [0.25, 0.3) is 0 Å². The van der Waals surface area contributed by atoms with Crippen molar-refractivity contribution in [2.24, 2.45) is 0 Å². The highest BCUT2D eigenvalue weighted by Gasteiger charge is 2.06. The molecule has 0 amide bonds. The molecule has 0 aliphatic heterocycles. The lowest BCUT2D eigenvalue weighted by atomic mass is 10.5. The average molecular weight is 199 g/mol. The van der Waals surface area contributed by atoms with Crippen LogP contribution in [0.15, 0.2) is 5.38 Å². The first kappa shape index (κ1) is 9.27. The first-order valence-corrected chi connectivity index (χ1v) is 6.30. The van der Waals surface area contributed by atoms with Crippen LogP contribution < -0.4 is 0 Å². The summed E-state index contributed by atoms with van der Waals surface area (Å²) in [5, 5.41) is 2.84. The number of hydrogen-bond acceptors (Lipinski definition) is 4. The smallest absolute Gasteiger partial charge is 0.247 e. The first-order valence-electron chi connectivity index (χ1n) is 3.13. The highest BCUT2D eigenvalue weighted by molar-refractivity contribution is 8.31. The molecule has 2 nitrogen and oxygen atoms in total. The Hall–Kier alpha value is 0.182. The van der Waals surface area contributed by atoms with Gasteiger partial charge in [0.1, 0.15) is 5.69 Å². The summed E-state index contributed by atoms with van der Waals surface area (Å²) in [5.41, 5.74) is 0.576. The summed E-state index contributed by atoms with van der Waals surface area (Å²) in [6.07, 6.45) is 0.902. The second-order valence-corrected chi connectivity index (χ2v) is 4.14. The molecule has 0 saturated heterocycles. The van der Waals surface area contributed by atoms with Gasteiger partial charge in [0, 0.05) is 5.38 Å². The van der Waals surface area contributed by atoms with Crippen LogP contribution in [0.1, 0.15) is 22.4 Å². The summed E-state index contributed by atoms with van der Waals surface area (Å²) in [5.74, 6) is 0. The number of aryl methyl sites for hydroxylation is 1. The van der Waals surface area contributed by atoms with Crippen LogP contribution in [-0.4, -0.2) is 25.3 Å². The van der Waals surface area contributed by atoms with Gasteiger partial charge in [0.05, 0.1) is 5.01 Å². The Morgan fingerprint density at radius 3 is 3.09 bits per heavy atom. The molecule has 0 N–H and O–H groups in total. The fourth-order valence-corrected chi connectivity index (χ4v) is 2.01. The van der Waals surface area contributed by atoms with Crippen molar-refractivity contribution in [2.45, 2.75) is 13.3 Å². The number of hydrogen-bond donors (Lipinski definition) is 0. The van der Waals surface area contributed by atoms with E-state index in [9.17, 15) is 4.79 Å². The summed E-state index contributed by atoms with van der Waals surface area (Å²) in [4.78, 5) is 15.2. The van der Waals surface area contributed by atoms with E-state index in [-0.39, 0.29) is 5.12 Å². The topological polar surface area (TPSA) is 30.0 Å². The molecule has 1 aromatic rings. The number of aromatic nitrogens is 1. The Morgan fingerprint density at radius 2 is 2.64 bits per heavy atom. The Labute approximate surface area is 80.9 Å². The van der Waals surface area contributed by atoms with Crippen molar-refractivity contribution in [2.75, 3.05) is 0 Å². The molecule has 56 valence electrons. The van der Waals surface area contributed by atoms with Crippen LogP contribution in [0, 0.1) is 0 Å². The molecule has 1 aromatic heterocycles. The van der Waals surface area contributed by atoms with Gasteiger partial charge in [-0.3, -0.25) is 4.79 Å². The maximum absolute atomic E-state index is 11.0. The maximum Gasteiger partial charge on any atom is 0.247 e. The van der Waals surface area contributed by atoms with Gasteiger partial charge in [0.2, 0.25) is 20.3 Å². The quantitative estimate of drug-likeness (QED) is 0.678. The van der Waals surface area contributed by atoms with Gasteiger partial charge >= 0.3 is 0 Å². The van der Waals surface area contributed by atoms with E-state index in [1.807, 2.05) is 6.92 Å². The lowest BCUT2D eigenvalue weighted by Gasteiger charge is -1.88. The second-order valence-electron chi connectivity index (χ2n) is 1.89. The Balaban J connectivity index is 2.80. The fourth-order valence-electron chi connectivity index (χ4n) is 0.627. The molecule has 11 heavy (non-hydrogen) atoms. The molecule has 0 aliphatic rings. The normalized spacial score (nSPS) is 9.91. The van der Waals surface area contributed by atoms with Crippen molar-refractivity contribution in [3.8, 4) is 0 Å². The highest BCUT2D eigenvalue weighted by Crippen LogP contribution is 2.13. The third kappa shape index (κ3) is 2.31. The fraction of sp³-hybridized carbons (Fsp3) is 0.333. The van der Waals surface area contributed by atoms with Crippen LogP contribution in [-0.2, 0) is 6.42 Å². The van der Waals surface area contributed by atoms with Gasteiger partial charge in [-0.2, -0.15) is 0 Å². The van der Waals surface area contributed by atoms with E-state index in [0.717, 1.165) is 21.6 Å². The van der Waals surface area contributed by atoms with Gasteiger partial charge in [0.15, 0.2) is 0 Å². The van der Waals surface area contributed by atoms with Crippen LogP contribution in [0.5, 0.6) is 0 Å². The largest absolute Gasteiger partial charge is 0.282 e. The molecule has 5 heteroatoms. The molecular formula is C6H6AlNOS2. The monoisotopic (exact) mass is 199 g/mol. The van der Waals surface area contributed by atoms with Crippen molar-refractivity contribution >= 4 is 41.7 Å². The molecule has 2 radical (unpaired) electrons. The number of rotatable bonds is 2. The third-order valence-corrected chi connectivity index (χ3v) is 3.23. The van der Waals surface area contributed by atoms with Gasteiger partial charge in [-0.1, -0.05) is 6.92 Å². The minimum atomic E-state index is 0.0194. The standard InChI is InChI=1S/C6H7NOS2.Al/c1-2-5-7-4(3-10-5)6(8)9;/h3H,2H2,1H3,(H,8,9);/q;+1/p-1. The predicted octanol–water partition coefficient (Wildman–Crippen LogP) is 1.66. The van der Waals surface area contributed by atoms with Crippen molar-refractivity contribution in [1.82, 2.24) is 4.98 Å². The number of carbonyl (C=O) groups is 1. The minimum Gasteiger partial charge on any atom is -0.282 e. The van der Waals surface area contributed by atoms with Crippen LogP contribution in [0.3, 0.4) is 0 Å². The zero-order chi connectivity index (χ0) is 8.27. The lowest BCUT2D eigenvalue weighted by molar-refractivity contribution is 0.108. The summed E-state index contributed by atoms with van der Waals surface area (Å²) < 4.78 is 0. The number of carbonyl (C=O) groups excluding carboxylic acids is 1. The SMILES string of the molecule is CCc1nc(C(=O)[S][Al])cs1. The summed E-state index contributed by atoms with van der Waals surface area (Å²) in [7, 11) is 1.12. The minimum absolute atomic E-state index is 0.0194. The van der Waals surface area contributed by atoms with E-state index in [1.54, 1.807) is 5.38 Å². The average Bonchev–Trinajstić information content (AvgIpc) is 2.50. The van der Waals surface area contributed by atoms with E-state index >= 15 is 0 Å². The zero-order valence-corrected chi connectivity index (χ0v) is 8.82. The molecular weight excluding hydrogens is 193 g/mol. The highest BCUT2D eigenvalue weighted by atomic mass is 32.3. The van der Waals surface area contributed by atoms with Crippen LogP contribution >= 0.6 is 21.5 Å². The lowest BCUT2D eigenvalue weighted by Crippen LogP contribution is -1.92. The summed E-state index contributed by atoms with van der Waals surface area (Å²) >= 11 is 3.86. The Kier molecular flexibility index (Phi) is 3.60. The first-order chi connectivity index (χ1) is 5.27. The molecule has 0 bridgehead atoms. The van der Waals surface area contributed by atoms with E-state index in [2.05, 4.69) is 20.1 Å². The van der Waals surface area contributed by atoms with Crippen LogP contribution in [0.2, 0.25) is 0 Å². The molecule has 0 saturated carbocycles. The summed E-state index contributed by atoms with van der Waals surface area (Å²) in [6, 6.07) is 0. The number of nitrogens with zero attached hydrogens (tertiary/aromatic N) is 1. The van der Waals surface area contributed by atoms with E-state index in [0.29, 0.717) is 5.69 Å². The van der Waals surface area contributed by atoms with Gasteiger partial charge in [-0.25, -0.2) is 15.1 Å². The summed E-state index contributed by atoms with van der Waals surface area (Å²) in [6.45, 7) is 2.03. The Bertz CT molecular complexity index is 261. The molecule has 1 rings (SSSR count). The molecule has 0 fully saturated rings. The van der Waals surface area contributed by atoms with E-state index < -0.39 is 0 Å². The maximum atomic E-state index is 11.0. The Morgan fingerprint density at radius 1 is 1.91 bits per heavy atom. The molecule has 0 aliphatic carbocycles. The molecule has 0 atom stereocenters. The van der Waals surface area contributed by atoms with E-state index in [1.165, 1.54) is 11.3 Å². The molecule has 0 unspecified atom stereocenters.